The van der Waals surface area contributed by atoms with Gasteiger partial charge in [0.05, 0.1) is 42.3 Å². The first kappa shape index (κ1) is 19.6. The van der Waals surface area contributed by atoms with Crippen molar-refractivity contribution in [1.29, 1.82) is 0 Å². The summed E-state index contributed by atoms with van der Waals surface area (Å²) in [6.45, 7) is 3.18. The molecule has 2 aliphatic heterocycles. The Balaban J connectivity index is 1.50. The summed E-state index contributed by atoms with van der Waals surface area (Å²) in [5.41, 5.74) is 2.52. The molecule has 0 atom stereocenters. The standard InChI is InChI=1S/C23H20F2N4O2/c24-16-2-1-3-17(25)22(16)18-11-15(21-19(28-18)13-27-23(21)30)10-14-4-5-20(26-12-14)29-6-8-31-9-7-29/h1-5,11-12H,6-10,13H2,(H,27,30). The number of hydrogen-bond donors (Lipinski definition) is 1. The van der Waals surface area contributed by atoms with Crippen molar-refractivity contribution in [2.75, 3.05) is 31.2 Å². The van der Waals surface area contributed by atoms with Crippen LogP contribution in [0.5, 0.6) is 0 Å². The number of anilines is 1. The summed E-state index contributed by atoms with van der Waals surface area (Å²) in [6, 6.07) is 9.21. The van der Waals surface area contributed by atoms with Gasteiger partial charge in [-0.1, -0.05) is 12.1 Å². The van der Waals surface area contributed by atoms with E-state index in [1.165, 1.54) is 18.2 Å². The minimum absolute atomic E-state index is 0.179. The lowest BCUT2D eigenvalue weighted by atomic mass is 9.97. The Morgan fingerprint density at radius 3 is 2.55 bits per heavy atom. The average Bonchev–Trinajstić information content (AvgIpc) is 3.16. The van der Waals surface area contributed by atoms with Gasteiger partial charge in [0, 0.05) is 19.3 Å². The molecule has 0 bridgehead atoms. The fraction of sp³-hybridized carbons (Fsp3) is 0.261. The number of morpholine rings is 1. The van der Waals surface area contributed by atoms with Crippen LogP contribution >= 0.6 is 0 Å². The quantitative estimate of drug-likeness (QED) is 0.700. The van der Waals surface area contributed by atoms with E-state index in [9.17, 15) is 13.6 Å². The van der Waals surface area contributed by atoms with E-state index in [0.717, 1.165) is 24.5 Å². The van der Waals surface area contributed by atoms with Crippen LogP contribution in [-0.4, -0.2) is 42.2 Å². The molecule has 1 fully saturated rings. The predicted molar refractivity (Wildman–Crippen MR) is 111 cm³/mol. The Morgan fingerprint density at radius 1 is 1.06 bits per heavy atom. The zero-order valence-electron chi connectivity index (χ0n) is 16.7. The number of pyridine rings is 2. The third-order valence-corrected chi connectivity index (χ3v) is 5.58. The van der Waals surface area contributed by atoms with Crippen molar-refractivity contribution in [1.82, 2.24) is 15.3 Å². The highest BCUT2D eigenvalue weighted by molar-refractivity contribution is 5.99. The smallest absolute Gasteiger partial charge is 0.253 e. The molecule has 1 amide bonds. The summed E-state index contributed by atoms with van der Waals surface area (Å²) >= 11 is 0. The zero-order valence-corrected chi connectivity index (χ0v) is 16.7. The van der Waals surface area contributed by atoms with Crippen LogP contribution in [0.15, 0.2) is 42.6 Å². The number of benzene rings is 1. The largest absolute Gasteiger partial charge is 0.378 e. The molecule has 3 aromatic rings. The number of hydrogen-bond acceptors (Lipinski definition) is 5. The molecule has 0 saturated carbocycles. The third-order valence-electron chi connectivity index (χ3n) is 5.58. The van der Waals surface area contributed by atoms with E-state index < -0.39 is 11.6 Å². The van der Waals surface area contributed by atoms with Crippen molar-refractivity contribution in [2.45, 2.75) is 13.0 Å². The first-order valence-electron chi connectivity index (χ1n) is 10.1. The number of carbonyl (C=O) groups excluding carboxylic acids is 1. The van der Waals surface area contributed by atoms with Gasteiger partial charge in [-0.2, -0.15) is 0 Å². The monoisotopic (exact) mass is 422 g/mol. The summed E-state index contributed by atoms with van der Waals surface area (Å²) in [5, 5.41) is 2.75. The number of halogens is 2. The van der Waals surface area contributed by atoms with Crippen LogP contribution in [0.2, 0.25) is 0 Å². The highest BCUT2D eigenvalue weighted by Gasteiger charge is 2.26. The van der Waals surface area contributed by atoms with Crippen LogP contribution in [-0.2, 0) is 17.7 Å². The fourth-order valence-electron chi connectivity index (χ4n) is 4.04. The van der Waals surface area contributed by atoms with E-state index in [1.54, 1.807) is 12.3 Å². The Hall–Kier alpha value is -3.39. The van der Waals surface area contributed by atoms with Crippen LogP contribution in [0.3, 0.4) is 0 Å². The van der Waals surface area contributed by atoms with Crippen LogP contribution in [0.4, 0.5) is 14.6 Å². The molecule has 8 heteroatoms. The molecule has 2 aliphatic rings. The molecule has 4 heterocycles. The molecule has 158 valence electrons. The first-order valence-corrected chi connectivity index (χ1v) is 10.1. The molecule has 0 spiro atoms. The molecular weight excluding hydrogens is 402 g/mol. The molecule has 0 aliphatic carbocycles. The number of rotatable bonds is 4. The van der Waals surface area contributed by atoms with Crippen molar-refractivity contribution in [3.8, 4) is 11.3 Å². The molecule has 1 saturated heterocycles. The van der Waals surface area contributed by atoms with Crippen molar-refractivity contribution in [3.05, 3.63) is 76.6 Å². The summed E-state index contributed by atoms with van der Waals surface area (Å²) in [5.74, 6) is -0.728. The molecule has 5 rings (SSSR count). The van der Waals surface area contributed by atoms with Gasteiger partial charge in [0.15, 0.2) is 0 Å². The van der Waals surface area contributed by atoms with E-state index >= 15 is 0 Å². The Kier molecular flexibility index (Phi) is 5.07. The lowest BCUT2D eigenvalue weighted by molar-refractivity contribution is 0.0965. The summed E-state index contributed by atoms with van der Waals surface area (Å²) in [4.78, 5) is 23.5. The first-order chi connectivity index (χ1) is 15.1. The lowest BCUT2D eigenvalue weighted by Gasteiger charge is -2.27. The average molecular weight is 422 g/mol. The zero-order chi connectivity index (χ0) is 21.4. The second-order valence-electron chi connectivity index (χ2n) is 7.57. The van der Waals surface area contributed by atoms with Crippen LogP contribution in [0.25, 0.3) is 11.3 Å². The molecule has 1 aromatic carbocycles. The highest BCUT2D eigenvalue weighted by atomic mass is 19.1. The number of nitrogens with one attached hydrogen (secondary N) is 1. The lowest BCUT2D eigenvalue weighted by Crippen LogP contribution is -2.36. The van der Waals surface area contributed by atoms with E-state index in [1.807, 2.05) is 12.1 Å². The molecule has 1 N–H and O–H groups in total. The molecule has 6 nitrogen and oxygen atoms in total. The predicted octanol–water partition coefficient (Wildman–Crippen LogP) is 3.09. The SMILES string of the molecule is O=C1NCc2nc(-c3c(F)cccc3F)cc(Cc3ccc(N4CCOCC4)nc3)c21. The molecular formula is C23H20F2N4O2. The Labute approximate surface area is 177 Å². The van der Waals surface area contributed by atoms with Gasteiger partial charge in [-0.3, -0.25) is 4.79 Å². The third kappa shape index (κ3) is 3.74. The van der Waals surface area contributed by atoms with Gasteiger partial charge in [-0.15, -0.1) is 0 Å². The van der Waals surface area contributed by atoms with Gasteiger partial charge in [-0.25, -0.2) is 18.7 Å². The van der Waals surface area contributed by atoms with Crippen LogP contribution in [0, 0.1) is 11.6 Å². The van der Waals surface area contributed by atoms with E-state index in [0.29, 0.717) is 36.5 Å². The van der Waals surface area contributed by atoms with Gasteiger partial charge >= 0.3 is 0 Å². The normalized spacial score (nSPS) is 15.7. The van der Waals surface area contributed by atoms with Gasteiger partial charge in [0.1, 0.15) is 17.5 Å². The van der Waals surface area contributed by atoms with Crippen molar-refractivity contribution < 1.29 is 18.3 Å². The van der Waals surface area contributed by atoms with E-state index in [-0.39, 0.29) is 23.7 Å². The Morgan fingerprint density at radius 2 is 1.84 bits per heavy atom. The summed E-state index contributed by atoms with van der Waals surface area (Å²) in [6.07, 6.45) is 2.17. The number of carbonyl (C=O) groups is 1. The van der Waals surface area contributed by atoms with Gasteiger partial charge in [0.25, 0.3) is 5.91 Å². The van der Waals surface area contributed by atoms with Gasteiger partial charge in [-0.05, 0) is 41.8 Å². The summed E-state index contributed by atoms with van der Waals surface area (Å²) in [7, 11) is 0. The maximum atomic E-state index is 14.4. The number of aromatic nitrogens is 2. The van der Waals surface area contributed by atoms with Crippen LogP contribution in [0.1, 0.15) is 27.2 Å². The van der Waals surface area contributed by atoms with Crippen LogP contribution < -0.4 is 10.2 Å². The minimum atomic E-state index is -0.688. The van der Waals surface area contributed by atoms with Gasteiger partial charge in [0.2, 0.25) is 0 Å². The fourth-order valence-corrected chi connectivity index (χ4v) is 4.04. The molecule has 2 aromatic heterocycles. The number of amides is 1. The second-order valence-corrected chi connectivity index (χ2v) is 7.57. The number of ether oxygens (including phenoxy) is 1. The second kappa shape index (κ2) is 8.03. The van der Waals surface area contributed by atoms with Crippen molar-refractivity contribution in [3.63, 3.8) is 0 Å². The maximum absolute atomic E-state index is 14.4. The maximum Gasteiger partial charge on any atom is 0.253 e. The molecule has 31 heavy (non-hydrogen) atoms. The minimum Gasteiger partial charge on any atom is -0.378 e. The molecule has 0 unspecified atom stereocenters. The van der Waals surface area contributed by atoms with E-state index in [4.69, 9.17) is 4.74 Å². The van der Waals surface area contributed by atoms with E-state index in [2.05, 4.69) is 20.2 Å². The molecule has 0 radical (unpaired) electrons. The Bertz CT molecular complexity index is 1120. The number of nitrogens with zero attached hydrogens (tertiary/aromatic N) is 3. The van der Waals surface area contributed by atoms with Crippen molar-refractivity contribution >= 4 is 11.7 Å². The van der Waals surface area contributed by atoms with Crippen molar-refractivity contribution in [2.24, 2.45) is 0 Å². The van der Waals surface area contributed by atoms with Gasteiger partial charge < -0.3 is 15.0 Å². The topological polar surface area (TPSA) is 67.4 Å². The summed E-state index contributed by atoms with van der Waals surface area (Å²) < 4.78 is 34.1. The number of fused-ring (bicyclic) bond motifs is 1. The highest BCUT2D eigenvalue weighted by Crippen LogP contribution is 2.30.